The number of alkyl halides is 1. The van der Waals surface area contributed by atoms with Gasteiger partial charge < -0.3 is 9.84 Å². The summed E-state index contributed by atoms with van der Waals surface area (Å²) >= 11 is 6.16. The summed E-state index contributed by atoms with van der Waals surface area (Å²) in [4.78, 5) is 23.2. The summed E-state index contributed by atoms with van der Waals surface area (Å²) in [7, 11) is 1.47. The molecule has 1 atom stereocenters. The first-order valence-electron chi connectivity index (χ1n) is 5.94. The van der Waals surface area contributed by atoms with Gasteiger partial charge in [-0.25, -0.2) is 4.79 Å². The molecule has 1 unspecified atom stereocenters. The Morgan fingerprint density at radius 3 is 2.50 bits per heavy atom. The number of carbonyl (C=O) groups is 2. The minimum atomic E-state index is -1.07. The Kier molecular flexibility index (Phi) is 3.95. The zero-order valence-corrected chi connectivity index (χ0v) is 11.8. The number of rotatable bonds is 3. The van der Waals surface area contributed by atoms with E-state index in [4.69, 9.17) is 21.4 Å². The van der Waals surface area contributed by atoms with Crippen LogP contribution in [0, 0.1) is 0 Å². The Bertz CT molecular complexity index is 643. The maximum Gasteiger partial charge on any atom is 0.331 e. The Labute approximate surface area is 121 Å². The fraction of sp³-hybridized carbons (Fsp3) is 0.200. The number of carboxylic acids is 1. The largest absolute Gasteiger partial charge is 0.496 e. The maximum atomic E-state index is 12.2. The van der Waals surface area contributed by atoms with Gasteiger partial charge in [0, 0.05) is 22.3 Å². The highest BCUT2D eigenvalue weighted by Crippen LogP contribution is 2.35. The van der Waals surface area contributed by atoms with Crippen LogP contribution in [0.1, 0.15) is 22.8 Å². The van der Waals surface area contributed by atoms with Gasteiger partial charge in [-0.3, -0.25) is 4.79 Å². The zero-order valence-electron chi connectivity index (χ0n) is 11.0. The van der Waals surface area contributed by atoms with Gasteiger partial charge in [0.25, 0.3) is 0 Å². The molecule has 1 aliphatic rings. The summed E-state index contributed by atoms with van der Waals surface area (Å²) in [5.41, 5.74) is 1.57. The molecule has 2 rings (SSSR count). The Morgan fingerprint density at radius 2 is 1.95 bits per heavy atom. The molecule has 1 N–H and O–H groups in total. The fourth-order valence-corrected chi connectivity index (χ4v) is 2.39. The van der Waals surface area contributed by atoms with Gasteiger partial charge in [0.05, 0.1) is 7.11 Å². The van der Waals surface area contributed by atoms with Gasteiger partial charge in [0.15, 0.2) is 5.78 Å². The summed E-state index contributed by atoms with van der Waals surface area (Å²) in [5, 5.41) is 8.01. The molecule has 0 heterocycles. The van der Waals surface area contributed by atoms with Gasteiger partial charge in [-0.1, -0.05) is 24.3 Å². The zero-order chi connectivity index (χ0) is 14.9. The van der Waals surface area contributed by atoms with Crippen molar-refractivity contribution < 1.29 is 19.4 Å². The average molecular weight is 293 g/mol. The van der Waals surface area contributed by atoms with Crippen LogP contribution >= 0.6 is 11.6 Å². The van der Waals surface area contributed by atoms with E-state index >= 15 is 0 Å². The van der Waals surface area contributed by atoms with Gasteiger partial charge in [0.1, 0.15) is 11.1 Å². The van der Waals surface area contributed by atoms with Gasteiger partial charge in [-0.05, 0) is 13.0 Å². The van der Waals surface area contributed by atoms with E-state index in [-0.39, 0.29) is 11.4 Å². The van der Waals surface area contributed by atoms with Crippen molar-refractivity contribution in [1.29, 1.82) is 0 Å². The molecule has 0 fully saturated rings. The number of Topliss-reactive ketones (excluding diaryl/α,β-unsaturated/α-hetero) is 1. The van der Waals surface area contributed by atoms with E-state index in [0.717, 1.165) is 0 Å². The highest BCUT2D eigenvalue weighted by molar-refractivity contribution is 6.38. The van der Waals surface area contributed by atoms with Gasteiger partial charge in [-0.2, -0.15) is 0 Å². The number of ether oxygens (including phenoxy) is 1. The molecule has 0 spiro atoms. The molecule has 20 heavy (non-hydrogen) atoms. The predicted molar refractivity (Wildman–Crippen MR) is 75.7 cm³/mol. The molecule has 1 aromatic rings. The summed E-state index contributed by atoms with van der Waals surface area (Å²) in [6.45, 7) is 1.44. The monoisotopic (exact) mass is 292 g/mol. The van der Waals surface area contributed by atoms with E-state index in [9.17, 15) is 9.59 Å². The third-order valence-corrected chi connectivity index (χ3v) is 3.55. The van der Waals surface area contributed by atoms with Crippen LogP contribution in [0.3, 0.4) is 0 Å². The Balaban J connectivity index is 2.69. The third kappa shape index (κ3) is 2.34. The first-order valence-corrected chi connectivity index (χ1v) is 6.38. The molecule has 0 saturated carbocycles. The average Bonchev–Trinajstić information content (AvgIpc) is 2.44. The van der Waals surface area contributed by atoms with Crippen LogP contribution in [-0.4, -0.2) is 29.3 Å². The smallest absolute Gasteiger partial charge is 0.331 e. The van der Waals surface area contributed by atoms with Crippen LogP contribution in [-0.2, 0) is 9.53 Å². The van der Waals surface area contributed by atoms with E-state index in [1.54, 1.807) is 24.3 Å². The number of aliphatic carboxylic acids is 1. The number of halogens is 1. The lowest BCUT2D eigenvalue weighted by Crippen LogP contribution is -2.24. The van der Waals surface area contributed by atoms with E-state index in [1.165, 1.54) is 20.1 Å². The second-order valence-corrected chi connectivity index (χ2v) is 4.83. The molecule has 4 nitrogen and oxygen atoms in total. The van der Waals surface area contributed by atoms with Crippen molar-refractivity contribution >= 4 is 29.1 Å². The van der Waals surface area contributed by atoms with Crippen molar-refractivity contribution in [3.8, 4) is 0 Å². The Morgan fingerprint density at radius 1 is 1.35 bits per heavy atom. The van der Waals surface area contributed by atoms with Crippen LogP contribution in [0.4, 0.5) is 0 Å². The van der Waals surface area contributed by atoms with Crippen LogP contribution < -0.4 is 0 Å². The van der Waals surface area contributed by atoms with E-state index in [2.05, 4.69) is 0 Å². The molecule has 0 amide bonds. The second-order valence-electron chi connectivity index (χ2n) is 4.39. The molecule has 1 aromatic carbocycles. The van der Waals surface area contributed by atoms with Gasteiger partial charge in [-0.15, -0.1) is 11.6 Å². The minimum Gasteiger partial charge on any atom is -0.496 e. The van der Waals surface area contributed by atoms with Crippen LogP contribution in [0.25, 0.3) is 5.76 Å². The summed E-state index contributed by atoms with van der Waals surface area (Å²) in [6.07, 6.45) is 1.38. The molecular formula is C15H13ClO4. The molecule has 104 valence electrons. The first-order chi connectivity index (χ1) is 9.47. The van der Waals surface area contributed by atoms with E-state index in [1.807, 2.05) is 0 Å². The number of methoxy groups -OCH3 is 1. The second kappa shape index (κ2) is 5.51. The van der Waals surface area contributed by atoms with E-state index < -0.39 is 11.3 Å². The predicted octanol–water partition coefficient (Wildman–Crippen LogP) is 2.88. The van der Waals surface area contributed by atoms with Gasteiger partial charge >= 0.3 is 5.97 Å². The van der Waals surface area contributed by atoms with Crippen LogP contribution in [0.15, 0.2) is 41.5 Å². The molecule has 0 radical (unpaired) electrons. The van der Waals surface area contributed by atoms with Gasteiger partial charge in [0.2, 0.25) is 0 Å². The van der Waals surface area contributed by atoms with Crippen molar-refractivity contribution in [3.63, 3.8) is 0 Å². The molecule has 0 bridgehead atoms. The number of ketones is 1. The number of hydrogen-bond donors (Lipinski definition) is 1. The number of hydrogen-bond acceptors (Lipinski definition) is 3. The lowest BCUT2D eigenvalue weighted by Gasteiger charge is -2.23. The molecular weight excluding hydrogens is 280 g/mol. The van der Waals surface area contributed by atoms with Crippen LogP contribution in [0.5, 0.6) is 0 Å². The lowest BCUT2D eigenvalue weighted by molar-refractivity contribution is -0.132. The van der Waals surface area contributed by atoms with E-state index in [0.29, 0.717) is 22.5 Å². The third-order valence-electron chi connectivity index (χ3n) is 3.12. The molecule has 0 aromatic heterocycles. The number of benzene rings is 1. The molecule has 5 heteroatoms. The van der Waals surface area contributed by atoms with Crippen molar-refractivity contribution in [3.05, 3.63) is 52.6 Å². The van der Waals surface area contributed by atoms with Crippen molar-refractivity contribution in [1.82, 2.24) is 0 Å². The van der Waals surface area contributed by atoms with Crippen molar-refractivity contribution in [2.75, 3.05) is 7.11 Å². The normalized spacial score (nSPS) is 18.9. The standard InChI is InChI=1S/C15H13ClO4/c1-8(15(18)19)7-11-12(16)13(17)9-5-3-4-6-10(9)14(11)20-2/h3-7,12H,1-2H3,(H,18,19)/b8-7-. The SMILES string of the molecule is COC1=C(/C=C(/C)C(=O)O)C(Cl)C(=O)c2ccccc21. The Hall–Kier alpha value is -2.07. The lowest BCUT2D eigenvalue weighted by atomic mass is 9.88. The van der Waals surface area contributed by atoms with Crippen molar-refractivity contribution in [2.24, 2.45) is 0 Å². The first kappa shape index (κ1) is 14.3. The summed E-state index contributed by atoms with van der Waals surface area (Å²) in [6, 6.07) is 6.96. The number of carboxylic acid groups (broad SMARTS) is 1. The highest BCUT2D eigenvalue weighted by Gasteiger charge is 2.32. The number of fused-ring (bicyclic) bond motifs is 1. The molecule has 0 aliphatic heterocycles. The fourth-order valence-electron chi connectivity index (χ4n) is 2.11. The van der Waals surface area contributed by atoms with Crippen LogP contribution in [0.2, 0.25) is 0 Å². The topological polar surface area (TPSA) is 63.6 Å². The maximum absolute atomic E-state index is 12.2. The molecule has 0 saturated heterocycles. The highest BCUT2D eigenvalue weighted by atomic mass is 35.5. The molecule has 1 aliphatic carbocycles. The number of allylic oxidation sites excluding steroid dienone is 2. The number of carbonyl (C=O) groups excluding carboxylic acids is 1. The summed E-state index contributed by atoms with van der Waals surface area (Å²) < 4.78 is 5.34. The minimum absolute atomic E-state index is 0.0902. The quantitative estimate of drug-likeness (QED) is 0.687. The summed E-state index contributed by atoms with van der Waals surface area (Å²) in [5.74, 6) is -0.892. The van der Waals surface area contributed by atoms with Crippen molar-refractivity contribution in [2.45, 2.75) is 12.3 Å².